The molecule has 0 saturated carbocycles. The molecule has 0 bridgehead atoms. The Hall–Kier alpha value is -1.39. The van der Waals surface area contributed by atoms with Crippen LogP contribution in [0.1, 0.15) is 20.3 Å². The van der Waals surface area contributed by atoms with E-state index < -0.39 is 36.3 Å². The molecule has 18 heavy (non-hydrogen) atoms. The Balaban J connectivity index is -0.0000000922. The summed E-state index contributed by atoms with van der Waals surface area (Å²) in [6.07, 6.45) is -0.532. The van der Waals surface area contributed by atoms with Gasteiger partial charge in [0, 0.05) is 11.9 Å². The molecule has 0 radical (unpaired) electrons. The van der Waals surface area contributed by atoms with Crippen molar-refractivity contribution in [1.29, 1.82) is 0 Å². The Morgan fingerprint density at radius 2 is 1.28 bits per heavy atom. The molecule has 100 valence electrons. The fraction of sp³-hybridized carbons (Fsp3) is 0.500. The minimum Gasteiger partial charge on any atom is -0.550 e. The van der Waals surface area contributed by atoms with E-state index in [1.807, 2.05) is 0 Å². The van der Waals surface area contributed by atoms with Crippen molar-refractivity contribution in [2.24, 2.45) is 5.73 Å². The van der Waals surface area contributed by atoms with E-state index in [1.54, 1.807) is 0 Å². The number of carbonyl (C=O) groups is 4. The SMILES string of the molecule is CC(=O)[O-].CC(=O)[O-].N[C@@H](CC(=O)O)C(=O)O.[Mg+2]. The predicted molar refractivity (Wildman–Crippen MR) is 55.0 cm³/mol. The molecule has 0 aromatic carbocycles. The van der Waals surface area contributed by atoms with Gasteiger partial charge >= 0.3 is 35.0 Å². The van der Waals surface area contributed by atoms with E-state index in [9.17, 15) is 9.59 Å². The van der Waals surface area contributed by atoms with Gasteiger partial charge in [0.05, 0.1) is 6.42 Å². The van der Waals surface area contributed by atoms with Crippen LogP contribution in [0.25, 0.3) is 0 Å². The molecule has 0 unspecified atom stereocenters. The summed E-state index contributed by atoms with van der Waals surface area (Å²) in [4.78, 5) is 37.4. The fourth-order valence-electron chi connectivity index (χ4n) is 0.275. The third-order valence-electron chi connectivity index (χ3n) is 0.712. The first kappa shape index (κ1) is 25.5. The molecular weight excluding hydrogens is 262 g/mol. The van der Waals surface area contributed by atoms with Crippen molar-refractivity contribution in [2.75, 3.05) is 0 Å². The molecule has 0 aliphatic carbocycles. The third-order valence-corrected chi connectivity index (χ3v) is 0.712. The van der Waals surface area contributed by atoms with Gasteiger partial charge in [-0.15, -0.1) is 0 Å². The zero-order valence-corrected chi connectivity index (χ0v) is 11.3. The van der Waals surface area contributed by atoms with Crippen molar-refractivity contribution < 1.29 is 39.6 Å². The quantitative estimate of drug-likeness (QED) is 0.432. The van der Waals surface area contributed by atoms with Crippen LogP contribution in [0, 0.1) is 0 Å². The fourth-order valence-corrected chi connectivity index (χ4v) is 0.275. The monoisotopic (exact) mass is 275 g/mol. The molecule has 0 saturated heterocycles. The maximum Gasteiger partial charge on any atom is 2.00 e. The van der Waals surface area contributed by atoms with Gasteiger partial charge in [-0.1, -0.05) is 0 Å². The van der Waals surface area contributed by atoms with Crippen molar-refractivity contribution >= 4 is 46.9 Å². The average molecular weight is 275 g/mol. The molecule has 0 fully saturated rings. The Kier molecular flexibility index (Phi) is 22.1. The van der Waals surface area contributed by atoms with Crippen LogP contribution >= 0.6 is 0 Å². The number of carbonyl (C=O) groups excluding carboxylic acids is 2. The zero-order valence-electron chi connectivity index (χ0n) is 9.91. The van der Waals surface area contributed by atoms with Gasteiger partial charge < -0.3 is 35.7 Å². The standard InChI is InChI=1S/C4H7NO4.2C2H4O2.Mg/c5-2(4(8)9)1-3(6)7;2*1-2(3)4;/h2H,1,5H2,(H,6,7)(H,8,9);2*1H3,(H,3,4);/q;;;+2/p-2/t2-;;;/m0.../s1. The van der Waals surface area contributed by atoms with E-state index in [2.05, 4.69) is 0 Å². The molecular formula is C8H13MgNO8. The Bertz CT molecular complexity index is 260. The van der Waals surface area contributed by atoms with Crippen molar-refractivity contribution in [3.05, 3.63) is 0 Å². The number of aliphatic carboxylic acids is 4. The summed E-state index contributed by atoms with van der Waals surface area (Å²) in [6, 6.07) is -1.29. The number of hydrogen-bond acceptors (Lipinski definition) is 7. The van der Waals surface area contributed by atoms with E-state index in [-0.39, 0.29) is 23.1 Å². The number of carboxylic acid groups (broad SMARTS) is 4. The molecule has 0 heterocycles. The van der Waals surface area contributed by atoms with Crippen LogP contribution in [0.3, 0.4) is 0 Å². The van der Waals surface area contributed by atoms with Crippen LogP contribution in [0.5, 0.6) is 0 Å². The zero-order chi connectivity index (χ0) is 14.6. The minimum atomic E-state index is -1.29. The first-order chi connectivity index (χ1) is 7.50. The van der Waals surface area contributed by atoms with Crippen molar-refractivity contribution in [2.45, 2.75) is 26.3 Å². The summed E-state index contributed by atoms with van der Waals surface area (Å²) >= 11 is 0. The summed E-state index contributed by atoms with van der Waals surface area (Å²) in [6.45, 7) is 1.94. The van der Waals surface area contributed by atoms with Crippen LogP contribution in [-0.2, 0) is 19.2 Å². The van der Waals surface area contributed by atoms with Crippen molar-refractivity contribution in [1.82, 2.24) is 0 Å². The second kappa shape index (κ2) is 15.6. The van der Waals surface area contributed by atoms with Gasteiger partial charge in [-0.05, 0) is 13.8 Å². The minimum absolute atomic E-state index is 0. The van der Waals surface area contributed by atoms with Gasteiger partial charge in [0.15, 0.2) is 0 Å². The van der Waals surface area contributed by atoms with Gasteiger partial charge in [0.25, 0.3) is 0 Å². The summed E-state index contributed by atoms with van der Waals surface area (Å²) in [5.74, 6) is -4.66. The van der Waals surface area contributed by atoms with Crippen LogP contribution in [0.15, 0.2) is 0 Å². The second-order valence-corrected chi connectivity index (χ2v) is 2.53. The average Bonchev–Trinajstić information content (AvgIpc) is 1.99. The summed E-state index contributed by atoms with van der Waals surface area (Å²) < 4.78 is 0. The molecule has 0 aromatic heterocycles. The first-order valence-corrected chi connectivity index (χ1v) is 4.06. The molecule has 0 aliphatic rings. The van der Waals surface area contributed by atoms with Crippen LogP contribution in [-0.4, -0.2) is 63.2 Å². The molecule has 9 nitrogen and oxygen atoms in total. The van der Waals surface area contributed by atoms with Gasteiger partial charge in [0.1, 0.15) is 6.04 Å². The van der Waals surface area contributed by atoms with Crippen molar-refractivity contribution in [3.63, 3.8) is 0 Å². The van der Waals surface area contributed by atoms with E-state index >= 15 is 0 Å². The van der Waals surface area contributed by atoms with E-state index in [1.165, 1.54) is 0 Å². The normalized spacial score (nSPS) is 9.06. The van der Waals surface area contributed by atoms with Crippen LogP contribution in [0.4, 0.5) is 0 Å². The summed E-state index contributed by atoms with van der Waals surface area (Å²) in [7, 11) is 0. The molecule has 0 spiro atoms. The summed E-state index contributed by atoms with van der Waals surface area (Å²) in [5.41, 5.74) is 4.84. The van der Waals surface area contributed by atoms with Gasteiger partial charge in [0.2, 0.25) is 0 Å². The molecule has 0 aliphatic heterocycles. The maximum atomic E-state index is 9.85. The number of rotatable bonds is 3. The van der Waals surface area contributed by atoms with Gasteiger partial charge in [-0.3, -0.25) is 9.59 Å². The van der Waals surface area contributed by atoms with Crippen molar-refractivity contribution in [3.8, 4) is 0 Å². The smallest absolute Gasteiger partial charge is 0.550 e. The van der Waals surface area contributed by atoms with Gasteiger partial charge in [-0.25, -0.2) is 0 Å². The Morgan fingerprint density at radius 3 is 1.33 bits per heavy atom. The molecule has 1 atom stereocenters. The topological polar surface area (TPSA) is 181 Å². The molecule has 0 amide bonds. The Morgan fingerprint density at radius 1 is 1.06 bits per heavy atom. The van der Waals surface area contributed by atoms with E-state index in [0.717, 1.165) is 13.8 Å². The third kappa shape index (κ3) is 62.0. The molecule has 0 rings (SSSR count). The van der Waals surface area contributed by atoms with E-state index in [0.29, 0.717) is 0 Å². The van der Waals surface area contributed by atoms with Crippen LogP contribution in [0.2, 0.25) is 0 Å². The number of nitrogens with two attached hydrogens (primary N) is 1. The maximum absolute atomic E-state index is 9.85. The number of hydrogen-bond donors (Lipinski definition) is 3. The largest absolute Gasteiger partial charge is 2.00 e. The first-order valence-electron chi connectivity index (χ1n) is 4.06. The predicted octanol–water partition coefficient (Wildman–Crippen LogP) is -4.00. The molecule has 4 N–H and O–H groups in total. The summed E-state index contributed by atoms with van der Waals surface area (Å²) in [5, 5.41) is 33.8. The van der Waals surface area contributed by atoms with Crippen LogP contribution < -0.4 is 15.9 Å². The molecule has 0 aromatic rings. The molecule has 10 heteroatoms. The second-order valence-electron chi connectivity index (χ2n) is 2.53. The van der Waals surface area contributed by atoms with E-state index in [4.69, 9.17) is 35.7 Å². The number of carboxylic acids is 4. The van der Waals surface area contributed by atoms with Gasteiger partial charge in [-0.2, -0.15) is 0 Å². The Labute approximate surface area is 119 Å².